The first-order valence-electron chi connectivity index (χ1n) is 9.73. The lowest BCUT2D eigenvalue weighted by molar-refractivity contribution is -0.666. The molecular weight excluding hydrogens is 292 g/mol. The smallest absolute Gasteiger partial charge is 0.212 e. The highest BCUT2D eigenvalue weighted by atomic mass is 14.9. The molecule has 0 spiro atoms. The zero-order chi connectivity index (χ0) is 19.6. The summed E-state index contributed by atoms with van der Waals surface area (Å²) in [5.41, 5.74) is 7.98. The molecule has 1 aromatic carbocycles. The maximum Gasteiger partial charge on any atom is 0.212 e. The molecule has 0 unspecified atom stereocenters. The van der Waals surface area contributed by atoms with Gasteiger partial charge in [-0.2, -0.15) is 4.57 Å². The number of hydrogen-bond acceptors (Lipinski definition) is 1. The van der Waals surface area contributed by atoms with Crippen LogP contribution in [0, 0.1) is 13.8 Å². The zero-order valence-corrected chi connectivity index (χ0v) is 14.5. The predicted octanol–water partition coefficient (Wildman–Crippen LogP) is 4.50. The molecule has 0 saturated heterocycles. The third kappa shape index (κ3) is 1.96. The number of aryl methyl sites for hydroxylation is 2. The summed E-state index contributed by atoms with van der Waals surface area (Å²) in [6.45, 7) is 4.33. The van der Waals surface area contributed by atoms with Crippen molar-refractivity contribution in [1.82, 2.24) is 4.98 Å². The quantitative estimate of drug-likeness (QED) is 0.604. The fraction of sp³-hybridized carbons (Fsp3) is 0.273. The molecule has 120 valence electrons. The third-order valence-corrected chi connectivity index (χ3v) is 5.23. The first-order chi connectivity index (χ1) is 12.6. The first-order valence-corrected chi connectivity index (χ1v) is 8.23. The maximum atomic E-state index is 7.80. The number of benzene rings is 1. The number of fused-ring (bicyclic) bond motifs is 3. The molecule has 0 atom stereocenters. The zero-order valence-electron chi connectivity index (χ0n) is 17.5. The molecule has 4 rings (SSSR count). The van der Waals surface area contributed by atoms with E-state index >= 15 is 0 Å². The molecule has 0 amide bonds. The lowest BCUT2D eigenvalue weighted by atomic mass is 9.83. The van der Waals surface area contributed by atoms with Crippen molar-refractivity contribution in [2.75, 3.05) is 0 Å². The van der Waals surface area contributed by atoms with Crippen molar-refractivity contribution in [2.24, 2.45) is 7.05 Å². The number of nitrogens with zero attached hydrogens (tertiary/aromatic N) is 2. The Labute approximate surface area is 148 Å². The Morgan fingerprint density at radius 1 is 1.04 bits per heavy atom. The van der Waals surface area contributed by atoms with E-state index in [1.54, 1.807) is 10.6 Å². The van der Waals surface area contributed by atoms with E-state index in [-0.39, 0.29) is 5.41 Å². The molecule has 2 heterocycles. The lowest BCUT2D eigenvalue weighted by Gasteiger charge is -2.21. The fourth-order valence-corrected chi connectivity index (χ4v) is 3.83. The van der Waals surface area contributed by atoms with Crippen LogP contribution in [0.1, 0.15) is 40.5 Å². The number of pyridine rings is 2. The first kappa shape index (κ1) is 12.0. The average Bonchev–Trinajstić information content (AvgIpc) is 2.81. The second kappa shape index (κ2) is 5.01. The summed E-state index contributed by atoms with van der Waals surface area (Å²) in [6.07, 6.45) is 1.85. The normalized spacial score (nSPS) is 16.8. The molecule has 0 aliphatic heterocycles. The highest BCUT2D eigenvalue weighted by molar-refractivity contribution is 5.83. The topological polar surface area (TPSA) is 16.8 Å². The van der Waals surface area contributed by atoms with Crippen LogP contribution in [-0.2, 0) is 12.5 Å². The van der Waals surface area contributed by atoms with Gasteiger partial charge in [-0.1, -0.05) is 26.0 Å². The van der Waals surface area contributed by atoms with Gasteiger partial charge >= 0.3 is 0 Å². The molecule has 3 aromatic rings. The van der Waals surface area contributed by atoms with Crippen LogP contribution in [0.25, 0.3) is 22.4 Å². The Balaban J connectivity index is 1.96. The van der Waals surface area contributed by atoms with Gasteiger partial charge in [-0.25, -0.2) is 0 Å². The van der Waals surface area contributed by atoms with Crippen molar-refractivity contribution in [1.29, 1.82) is 0 Å². The molecule has 1 aliphatic carbocycles. The van der Waals surface area contributed by atoms with Gasteiger partial charge in [0.05, 0.1) is 5.69 Å². The van der Waals surface area contributed by atoms with E-state index in [0.717, 1.165) is 22.5 Å². The Kier molecular flexibility index (Phi) is 2.50. The van der Waals surface area contributed by atoms with Gasteiger partial charge in [0.15, 0.2) is 5.69 Å². The Morgan fingerprint density at radius 2 is 1.88 bits per heavy atom. The lowest BCUT2D eigenvalue weighted by Crippen LogP contribution is -2.34. The molecule has 0 bridgehead atoms. The molecule has 2 heteroatoms. The SMILES string of the molecule is [2H]C([2H])([2H])c1cccc(-c2cc3c(cc2C)-c2cccnc2C3(C)C)[n+]1C. The van der Waals surface area contributed by atoms with Crippen molar-refractivity contribution in [3.63, 3.8) is 0 Å². The molecule has 1 aliphatic rings. The van der Waals surface area contributed by atoms with Gasteiger partial charge in [-0.05, 0) is 41.8 Å². The van der Waals surface area contributed by atoms with E-state index in [1.165, 1.54) is 16.7 Å². The van der Waals surface area contributed by atoms with Crippen molar-refractivity contribution in [3.8, 4) is 22.4 Å². The number of rotatable bonds is 1. The molecule has 0 saturated carbocycles. The minimum Gasteiger partial charge on any atom is -0.260 e. The van der Waals surface area contributed by atoms with E-state index < -0.39 is 6.85 Å². The highest BCUT2D eigenvalue weighted by Crippen LogP contribution is 2.49. The van der Waals surface area contributed by atoms with E-state index in [1.807, 2.05) is 31.4 Å². The number of hydrogen-bond donors (Lipinski definition) is 0. The molecule has 0 fully saturated rings. The van der Waals surface area contributed by atoms with E-state index in [2.05, 4.69) is 44.0 Å². The van der Waals surface area contributed by atoms with Crippen LogP contribution in [-0.4, -0.2) is 4.98 Å². The summed E-state index contributed by atoms with van der Waals surface area (Å²) in [7, 11) is 1.82. The molecule has 0 N–H and O–H groups in total. The average molecular weight is 318 g/mol. The van der Waals surface area contributed by atoms with Gasteiger partial charge in [0, 0.05) is 45.8 Å². The minimum absolute atomic E-state index is 0.186. The van der Waals surface area contributed by atoms with Gasteiger partial charge in [-0.15, -0.1) is 0 Å². The fourth-order valence-electron chi connectivity index (χ4n) is 3.83. The summed E-state index contributed by atoms with van der Waals surface area (Å²) in [4.78, 5) is 4.64. The number of aromatic nitrogens is 2. The van der Waals surface area contributed by atoms with Crippen molar-refractivity contribution in [2.45, 2.75) is 33.0 Å². The van der Waals surface area contributed by atoms with Crippen molar-refractivity contribution in [3.05, 3.63) is 71.2 Å². The Morgan fingerprint density at radius 3 is 2.67 bits per heavy atom. The standard InChI is InChI=1S/C22H23N2/c1-14-12-18-16-9-7-11-23-21(16)22(3,4)19(18)13-17(14)20-10-6-8-15(2)24(20)5/h6-13H,1-5H3/q+1/i2D3. The van der Waals surface area contributed by atoms with Gasteiger partial charge < -0.3 is 0 Å². The van der Waals surface area contributed by atoms with Crippen LogP contribution in [0.2, 0.25) is 0 Å². The van der Waals surface area contributed by atoms with Crippen LogP contribution >= 0.6 is 0 Å². The van der Waals surface area contributed by atoms with Crippen LogP contribution in [0.3, 0.4) is 0 Å². The van der Waals surface area contributed by atoms with Gasteiger partial charge in [0.25, 0.3) is 0 Å². The Hall–Kier alpha value is -2.48. The molecule has 0 radical (unpaired) electrons. The van der Waals surface area contributed by atoms with Gasteiger partial charge in [-0.3, -0.25) is 4.98 Å². The van der Waals surface area contributed by atoms with E-state index in [0.29, 0.717) is 5.69 Å². The van der Waals surface area contributed by atoms with Crippen molar-refractivity contribution < 1.29 is 8.68 Å². The minimum atomic E-state index is -2.14. The van der Waals surface area contributed by atoms with Crippen LogP contribution in [0.4, 0.5) is 0 Å². The predicted molar refractivity (Wildman–Crippen MR) is 97.9 cm³/mol. The summed E-state index contributed by atoms with van der Waals surface area (Å²) >= 11 is 0. The largest absolute Gasteiger partial charge is 0.260 e. The molecular formula is C22H23N2+. The molecule has 2 nitrogen and oxygen atoms in total. The maximum absolute atomic E-state index is 7.80. The van der Waals surface area contributed by atoms with Gasteiger partial charge in [0.1, 0.15) is 7.05 Å². The van der Waals surface area contributed by atoms with Crippen LogP contribution < -0.4 is 4.57 Å². The third-order valence-electron chi connectivity index (χ3n) is 5.23. The van der Waals surface area contributed by atoms with Crippen LogP contribution in [0.5, 0.6) is 0 Å². The molecule has 24 heavy (non-hydrogen) atoms. The second-order valence-corrected chi connectivity index (χ2v) is 7.09. The van der Waals surface area contributed by atoms with Gasteiger partial charge in [0.2, 0.25) is 5.69 Å². The summed E-state index contributed by atoms with van der Waals surface area (Å²) in [6, 6.07) is 14.0. The molecule has 2 aromatic heterocycles. The monoisotopic (exact) mass is 318 g/mol. The second-order valence-electron chi connectivity index (χ2n) is 7.09. The van der Waals surface area contributed by atoms with Crippen LogP contribution in [0.15, 0.2) is 48.7 Å². The summed E-state index contributed by atoms with van der Waals surface area (Å²) in [5, 5.41) is 0. The summed E-state index contributed by atoms with van der Waals surface area (Å²) in [5.74, 6) is 0. The van der Waals surface area contributed by atoms with E-state index in [4.69, 9.17) is 4.11 Å². The van der Waals surface area contributed by atoms with E-state index in [9.17, 15) is 0 Å². The highest BCUT2D eigenvalue weighted by Gasteiger charge is 2.37. The Bertz CT molecular complexity index is 1070. The summed E-state index contributed by atoms with van der Waals surface area (Å²) < 4.78 is 25.2. The van der Waals surface area contributed by atoms with Crippen molar-refractivity contribution >= 4 is 0 Å².